The molecular formula is C16H17NO3. The number of ether oxygens (including phenoxy) is 1. The normalized spacial score (nSPS) is 10.3. The molecule has 2 rings (SSSR count). The van der Waals surface area contributed by atoms with Gasteiger partial charge in [-0.15, -0.1) is 0 Å². The van der Waals surface area contributed by atoms with Crippen LogP contribution in [-0.4, -0.2) is 22.7 Å². The summed E-state index contributed by atoms with van der Waals surface area (Å²) in [5.41, 5.74) is 3.15. The molecule has 104 valence electrons. The quantitative estimate of drug-likeness (QED) is 0.908. The van der Waals surface area contributed by atoms with Gasteiger partial charge in [0, 0.05) is 18.8 Å². The number of carboxylic acids is 1. The van der Waals surface area contributed by atoms with E-state index in [9.17, 15) is 4.79 Å². The number of rotatable bonds is 5. The Morgan fingerprint density at radius 2 is 1.80 bits per heavy atom. The summed E-state index contributed by atoms with van der Waals surface area (Å²) in [4.78, 5) is 14.9. The van der Waals surface area contributed by atoms with E-state index in [-0.39, 0.29) is 0 Å². The van der Waals surface area contributed by atoms with Crippen molar-refractivity contribution < 1.29 is 14.6 Å². The van der Waals surface area contributed by atoms with E-state index >= 15 is 0 Å². The Morgan fingerprint density at radius 1 is 1.20 bits per heavy atom. The van der Waals surface area contributed by atoms with Gasteiger partial charge < -0.3 is 9.84 Å². The third-order valence-corrected chi connectivity index (χ3v) is 3.09. The van der Waals surface area contributed by atoms with E-state index < -0.39 is 5.97 Å². The molecule has 1 N–H and O–H groups in total. The molecule has 2 aromatic rings. The molecule has 0 atom stereocenters. The van der Waals surface area contributed by atoms with E-state index in [1.807, 2.05) is 26.0 Å². The van der Waals surface area contributed by atoms with Gasteiger partial charge in [0.2, 0.25) is 0 Å². The minimum absolute atomic E-state index is 0.293. The van der Waals surface area contributed by atoms with E-state index in [1.165, 1.54) is 0 Å². The van der Waals surface area contributed by atoms with Crippen molar-refractivity contribution in [3.8, 4) is 5.75 Å². The number of carbonyl (C=O) groups is 1. The van der Waals surface area contributed by atoms with Crippen molar-refractivity contribution in [2.45, 2.75) is 20.3 Å². The smallest absolute Gasteiger partial charge is 0.335 e. The van der Waals surface area contributed by atoms with Crippen LogP contribution < -0.4 is 4.74 Å². The zero-order valence-electron chi connectivity index (χ0n) is 11.6. The maximum absolute atomic E-state index is 11.0. The van der Waals surface area contributed by atoms with Crippen LogP contribution in [0.2, 0.25) is 0 Å². The zero-order valence-corrected chi connectivity index (χ0v) is 11.6. The summed E-state index contributed by atoms with van der Waals surface area (Å²) >= 11 is 0. The van der Waals surface area contributed by atoms with Crippen LogP contribution in [-0.2, 0) is 6.42 Å². The van der Waals surface area contributed by atoms with Gasteiger partial charge in [-0.25, -0.2) is 4.79 Å². The van der Waals surface area contributed by atoms with Crippen LogP contribution in [0.5, 0.6) is 5.75 Å². The summed E-state index contributed by atoms with van der Waals surface area (Å²) in [6.07, 6.45) is 4.31. The van der Waals surface area contributed by atoms with Crippen LogP contribution in [0, 0.1) is 13.8 Å². The van der Waals surface area contributed by atoms with E-state index in [4.69, 9.17) is 9.84 Å². The highest BCUT2D eigenvalue weighted by atomic mass is 16.5. The highest BCUT2D eigenvalue weighted by Crippen LogP contribution is 2.25. The Hall–Kier alpha value is -2.36. The number of aryl methyl sites for hydroxylation is 2. The van der Waals surface area contributed by atoms with Crippen LogP contribution in [0.3, 0.4) is 0 Å². The first-order valence-electron chi connectivity index (χ1n) is 6.44. The fourth-order valence-corrected chi connectivity index (χ4v) is 2.12. The second-order valence-corrected chi connectivity index (χ2v) is 4.70. The topological polar surface area (TPSA) is 59.4 Å². The fraction of sp³-hybridized carbons (Fsp3) is 0.250. The van der Waals surface area contributed by atoms with Gasteiger partial charge >= 0.3 is 5.97 Å². The first-order chi connectivity index (χ1) is 9.58. The molecule has 0 unspecified atom stereocenters. The third kappa shape index (κ3) is 3.35. The van der Waals surface area contributed by atoms with Crippen LogP contribution in [0.1, 0.15) is 27.0 Å². The van der Waals surface area contributed by atoms with Crippen LogP contribution in [0.4, 0.5) is 0 Å². The van der Waals surface area contributed by atoms with Crippen molar-refractivity contribution in [3.05, 3.63) is 58.9 Å². The standard InChI is InChI=1S/C16H17NO3/c1-11-9-14(16(18)19)10-12(2)15(11)20-8-5-13-3-6-17-7-4-13/h3-4,6-7,9-10H,5,8H2,1-2H3,(H,18,19). The first kappa shape index (κ1) is 14.1. The highest BCUT2D eigenvalue weighted by molar-refractivity contribution is 5.88. The number of carboxylic acid groups (broad SMARTS) is 1. The van der Waals surface area contributed by atoms with Crippen LogP contribution in [0.15, 0.2) is 36.7 Å². The summed E-state index contributed by atoms with van der Waals surface area (Å²) in [6, 6.07) is 7.18. The second kappa shape index (κ2) is 6.19. The number of hydrogen-bond donors (Lipinski definition) is 1. The van der Waals surface area contributed by atoms with E-state index in [2.05, 4.69) is 4.98 Å². The fourth-order valence-electron chi connectivity index (χ4n) is 2.12. The number of pyridine rings is 1. The molecule has 0 aliphatic rings. The first-order valence-corrected chi connectivity index (χ1v) is 6.44. The molecule has 0 radical (unpaired) electrons. The average Bonchev–Trinajstić information content (AvgIpc) is 2.42. The molecule has 4 heteroatoms. The molecule has 1 heterocycles. The number of hydrogen-bond acceptors (Lipinski definition) is 3. The molecule has 4 nitrogen and oxygen atoms in total. The number of nitrogens with zero attached hydrogens (tertiary/aromatic N) is 1. The third-order valence-electron chi connectivity index (χ3n) is 3.09. The van der Waals surface area contributed by atoms with Crippen molar-refractivity contribution in [1.82, 2.24) is 4.98 Å². The molecule has 1 aromatic carbocycles. The minimum atomic E-state index is -0.917. The predicted molar refractivity (Wildman–Crippen MR) is 76.3 cm³/mol. The summed E-state index contributed by atoms with van der Waals surface area (Å²) in [7, 11) is 0. The lowest BCUT2D eigenvalue weighted by atomic mass is 10.1. The largest absolute Gasteiger partial charge is 0.493 e. The molecule has 0 bridgehead atoms. The summed E-state index contributed by atoms with van der Waals surface area (Å²) < 4.78 is 5.79. The molecule has 1 aromatic heterocycles. The lowest BCUT2D eigenvalue weighted by molar-refractivity contribution is 0.0696. The van der Waals surface area contributed by atoms with Crippen LogP contribution in [0.25, 0.3) is 0 Å². The Balaban J connectivity index is 2.05. The zero-order chi connectivity index (χ0) is 14.5. The van der Waals surface area contributed by atoms with Gasteiger partial charge in [-0.2, -0.15) is 0 Å². The monoisotopic (exact) mass is 271 g/mol. The van der Waals surface area contributed by atoms with Gasteiger partial charge in [0.1, 0.15) is 5.75 Å². The Bertz CT molecular complexity index is 585. The maximum Gasteiger partial charge on any atom is 0.335 e. The van der Waals surface area contributed by atoms with E-state index in [0.29, 0.717) is 12.2 Å². The summed E-state index contributed by atoms with van der Waals surface area (Å²) in [6.45, 7) is 4.28. The molecule has 0 spiro atoms. The molecule has 0 amide bonds. The molecular weight excluding hydrogens is 254 g/mol. The van der Waals surface area contributed by atoms with Crippen molar-refractivity contribution in [2.24, 2.45) is 0 Å². The van der Waals surface area contributed by atoms with Crippen LogP contribution >= 0.6 is 0 Å². The summed E-state index contributed by atoms with van der Waals surface area (Å²) in [5.74, 6) is -0.149. The van der Waals surface area contributed by atoms with Gasteiger partial charge in [0.25, 0.3) is 0 Å². The number of benzene rings is 1. The summed E-state index contributed by atoms with van der Waals surface area (Å²) in [5, 5.41) is 9.00. The van der Waals surface area contributed by atoms with Crippen molar-refractivity contribution >= 4 is 5.97 Å². The van der Waals surface area contributed by atoms with Gasteiger partial charge in [-0.05, 0) is 54.8 Å². The Labute approximate surface area is 118 Å². The molecule has 0 saturated heterocycles. The highest BCUT2D eigenvalue weighted by Gasteiger charge is 2.10. The Kier molecular flexibility index (Phi) is 4.35. The number of aromatic carboxylic acids is 1. The molecule has 0 aliphatic carbocycles. The average molecular weight is 271 g/mol. The Morgan fingerprint density at radius 3 is 2.35 bits per heavy atom. The van der Waals surface area contributed by atoms with Gasteiger partial charge in [-0.1, -0.05) is 0 Å². The van der Waals surface area contributed by atoms with E-state index in [0.717, 1.165) is 28.9 Å². The lowest BCUT2D eigenvalue weighted by Gasteiger charge is -2.13. The van der Waals surface area contributed by atoms with Crippen molar-refractivity contribution in [3.63, 3.8) is 0 Å². The van der Waals surface area contributed by atoms with Gasteiger partial charge in [0.05, 0.1) is 12.2 Å². The molecule has 0 saturated carbocycles. The van der Waals surface area contributed by atoms with E-state index in [1.54, 1.807) is 24.5 Å². The van der Waals surface area contributed by atoms with Gasteiger partial charge in [0.15, 0.2) is 0 Å². The predicted octanol–water partition coefficient (Wildman–Crippen LogP) is 3.02. The van der Waals surface area contributed by atoms with Crippen molar-refractivity contribution in [2.75, 3.05) is 6.61 Å². The minimum Gasteiger partial charge on any atom is -0.493 e. The van der Waals surface area contributed by atoms with Crippen molar-refractivity contribution in [1.29, 1.82) is 0 Å². The maximum atomic E-state index is 11.0. The number of aromatic nitrogens is 1. The molecule has 0 aliphatic heterocycles. The van der Waals surface area contributed by atoms with Gasteiger partial charge in [-0.3, -0.25) is 4.98 Å². The lowest BCUT2D eigenvalue weighted by Crippen LogP contribution is -2.06. The molecule has 20 heavy (non-hydrogen) atoms. The SMILES string of the molecule is Cc1cc(C(=O)O)cc(C)c1OCCc1ccncc1. The second-order valence-electron chi connectivity index (χ2n) is 4.70. The molecule has 0 fully saturated rings.